The normalized spacial score (nSPS) is 14.9. The molecule has 0 spiro atoms. The molecule has 274 valence electrons. The van der Waals surface area contributed by atoms with Crippen molar-refractivity contribution in [3.63, 3.8) is 0 Å². The van der Waals surface area contributed by atoms with E-state index < -0.39 is 84.1 Å². The van der Waals surface area contributed by atoms with Gasteiger partial charge in [-0.05, 0) is 55.2 Å². The first-order valence-electron chi connectivity index (χ1n) is 16.2. The Labute approximate surface area is 286 Å². The van der Waals surface area contributed by atoms with Crippen molar-refractivity contribution in [1.82, 2.24) is 26.6 Å². The van der Waals surface area contributed by atoms with E-state index in [1.54, 1.807) is 41.5 Å². The standard InChI is InChI=1S/C33H52N6O10/c1-16(2)12-22(30(45)38-25(33(48)49)14-20-8-10-21(40)11-9-20)35-31(46)24(15-26(41)42)36-29(44)23(13-17(3)4)37-32(47)27(18(5)6)39-28(43)19(7)34/h8-11,16-19,22-25,27,40H,12-15,34H2,1-7H3,(H,35,46)(H,36,44)(H,37,47)(H,38,45)(H,39,43)(H,41,42)(H,48,49)/t19-,22-,23-,24-,25-,27-/m0/s1. The van der Waals surface area contributed by atoms with Gasteiger partial charge in [0, 0.05) is 6.42 Å². The van der Waals surface area contributed by atoms with Gasteiger partial charge >= 0.3 is 11.9 Å². The molecule has 0 aromatic heterocycles. The zero-order valence-electron chi connectivity index (χ0n) is 29.1. The summed E-state index contributed by atoms with van der Waals surface area (Å²) in [4.78, 5) is 89.4. The van der Waals surface area contributed by atoms with Crippen LogP contribution in [-0.4, -0.2) is 93.0 Å². The summed E-state index contributed by atoms with van der Waals surface area (Å²) in [7, 11) is 0. The first-order valence-corrected chi connectivity index (χ1v) is 16.2. The SMILES string of the molecule is CC(C)C[C@H](NC(=O)[C@H](CC(=O)O)NC(=O)[C@H](CC(C)C)NC(=O)[C@@H](NC(=O)[C@H](C)N)C(C)C)C(=O)N[C@@H](Cc1ccc(O)cc1)C(=O)O. The van der Waals surface area contributed by atoms with Crippen molar-refractivity contribution in [3.8, 4) is 5.75 Å². The summed E-state index contributed by atoms with van der Waals surface area (Å²) in [6, 6.07) is -1.80. The van der Waals surface area contributed by atoms with Gasteiger partial charge in [-0.15, -0.1) is 0 Å². The average molecular weight is 693 g/mol. The number of aromatic hydroxyl groups is 1. The van der Waals surface area contributed by atoms with Gasteiger partial charge < -0.3 is 47.6 Å². The molecule has 1 aromatic carbocycles. The van der Waals surface area contributed by atoms with E-state index in [0.29, 0.717) is 5.56 Å². The Morgan fingerprint density at radius 2 is 1.04 bits per heavy atom. The van der Waals surface area contributed by atoms with Gasteiger partial charge in [-0.1, -0.05) is 53.7 Å². The number of carbonyl (C=O) groups excluding carboxylic acids is 5. The lowest BCUT2D eigenvalue weighted by atomic mass is 9.99. The summed E-state index contributed by atoms with van der Waals surface area (Å²) < 4.78 is 0. The molecule has 0 aliphatic carbocycles. The van der Waals surface area contributed by atoms with Crippen LogP contribution in [0.3, 0.4) is 0 Å². The second kappa shape index (κ2) is 19.9. The second-order valence-corrected chi connectivity index (χ2v) is 13.3. The minimum atomic E-state index is -1.68. The molecule has 10 N–H and O–H groups in total. The van der Waals surface area contributed by atoms with Crippen molar-refractivity contribution in [2.75, 3.05) is 0 Å². The number of amides is 5. The average Bonchev–Trinajstić information content (AvgIpc) is 2.98. The van der Waals surface area contributed by atoms with Crippen LogP contribution in [0.4, 0.5) is 0 Å². The number of carboxylic acid groups (broad SMARTS) is 2. The molecule has 49 heavy (non-hydrogen) atoms. The van der Waals surface area contributed by atoms with E-state index in [-0.39, 0.29) is 42.8 Å². The van der Waals surface area contributed by atoms with Gasteiger partial charge in [0.1, 0.15) is 36.0 Å². The highest BCUT2D eigenvalue weighted by Gasteiger charge is 2.34. The van der Waals surface area contributed by atoms with Crippen molar-refractivity contribution in [2.45, 2.75) is 110 Å². The predicted octanol–water partition coefficient (Wildman–Crippen LogP) is 0.0134. The van der Waals surface area contributed by atoms with Crippen LogP contribution in [-0.2, 0) is 40.0 Å². The lowest BCUT2D eigenvalue weighted by Crippen LogP contribution is -2.60. The number of rotatable bonds is 20. The smallest absolute Gasteiger partial charge is 0.326 e. The van der Waals surface area contributed by atoms with Crippen LogP contribution in [0, 0.1) is 17.8 Å². The zero-order chi connectivity index (χ0) is 37.6. The Morgan fingerprint density at radius 3 is 1.45 bits per heavy atom. The van der Waals surface area contributed by atoms with Crippen LogP contribution in [0.5, 0.6) is 5.75 Å². The van der Waals surface area contributed by atoms with Crippen molar-refractivity contribution in [2.24, 2.45) is 23.5 Å². The number of carboxylic acids is 2. The number of hydrogen-bond donors (Lipinski definition) is 9. The fraction of sp³-hybridized carbons (Fsp3) is 0.606. The second-order valence-electron chi connectivity index (χ2n) is 13.3. The maximum absolute atomic E-state index is 13.5. The molecule has 0 saturated heterocycles. The van der Waals surface area contributed by atoms with Crippen molar-refractivity contribution >= 4 is 41.5 Å². The summed E-state index contributed by atoms with van der Waals surface area (Å²) in [5.74, 6) is -7.48. The van der Waals surface area contributed by atoms with Crippen LogP contribution < -0.4 is 32.3 Å². The lowest BCUT2D eigenvalue weighted by Gasteiger charge is -2.28. The Morgan fingerprint density at radius 1 is 0.612 bits per heavy atom. The van der Waals surface area contributed by atoms with E-state index in [9.17, 15) is 48.9 Å². The molecule has 0 fully saturated rings. The van der Waals surface area contributed by atoms with E-state index in [2.05, 4.69) is 26.6 Å². The van der Waals surface area contributed by atoms with Crippen LogP contribution >= 0.6 is 0 Å². The lowest BCUT2D eigenvalue weighted by molar-refractivity contribution is -0.143. The molecule has 5 amide bonds. The first kappa shape index (κ1) is 42.3. The molecule has 0 aliphatic heterocycles. The number of phenolic OH excluding ortho intramolecular Hbond substituents is 1. The summed E-state index contributed by atoms with van der Waals surface area (Å²) in [6.45, 7) is 11.9. The number of nitrogens with one attached hydrogen (secondary N) is 5. The zero-order valence-corrected chi connectivity index (χ0v) is 29.1. The van der Waals surface area contributed by atoms with Gasteiger partial charge in [-0.2, -0.15) is 0 Å². The molecule has 6 atom stereocenters. The van der Waals surface area contributed by atoms with E-state index in [4.69, 9.17) is 5.73 Å². The molecule has 0 aliphatic rings. The molecule has 0 saturated carbocycles. The Bertz CT molecular complexity index is 1320. The van der Waals surface area contributed by atoms with Gasteiger partial charge in [0.05, 0.1) is 12.5 Å². The number of carbonyl (C=O) groups is 7. The molecule has 0 unspecified atom stereocenters. The number of benzene rings is 1. The van der Waals surface area contributed by atoms with Crippen LogP contribution in [0.2, 0.25) is 0 Å². The van der Waals surface area contributed by atoms with Gasteiger partial charge in [0.25, 0.3) is 0 Å². The van der Waals surface area contributed by atoms with Gasteiger partial charge in [0.15, 0.2) is 0 Å². The number of aliphatic carboxylic acids is 2. The number of hydrogen-bond acceptors (Lipinski definition) is 9. The summed E-state index contributed by atoms with van der Waals surface area (Å²) in [6.07, 6.45) is -0.849. The summed E-state index contributed by atoms with van der Waals surface area (Å²) >= 11 is 0. The summed E-state index contributed by atoms with van der Waals surface area (Å²) in [5.41, 5.74) is 6.13. The van der Waals surface area contributed by atoms with Crippen molar-refractivity contribution in [3.05, 3.63) is 29.8 Å². The fourth-order valence-electron chi connectivity index (χ4n) is 4.76. The van der Waals surface area contributed by atoms with Crippen LogP contribution in [0.1, 0.15) is 73.3 Å². The van der Waals surface area contributed by atoms with E-state index in [1.807, 2.05) is 0 Å². The van der Waals surface area contributed by atoms with E-state index in [0.717, 1.165) is 0 Å². The minimum Gasteiger partial charge on any atom is -0.508 e. The number of phenols is 1. The molecule has 16 nitrogen and oxygen atoms in total. The minimum absolute atomic E-state index is 0.0225. The molecule has 16 heteroatoms. The van der Waals surface area contributed by atoms with Gasteiger partial charge in [-0.25, -0.2) is 4.79 Å². The molecular formula is C33H52N6O10. The molecular weight excluding hydrogens is 640 g/mol. The monoisotopic (exact) mass is 692 g/mol. The highest BCUT2D eigenvalue weighted by molar-refractivity contribution is 5.97. The quantitative estimate of drug-likeness (QED) is 0.0879. The molecule has 1 rings (SSSR count). The van der Waals surface area contributed by atoms with Gasteiger partial charge in [-0.3, -0.25) is 28.8 Å². The Balaban J connectivity index is 3.22. The molecule has 0 bridgehead atoms. The van der Waals surface area contributed by atoms with Crippen molar-refractivity contribution in [1.29, 1.82) is 0 Å². The van der Waals surface area contributed by atoms with Crippen LogP contribution in [0.15, 0.2) is 24.3 Å². The largest absolute Gasteiger partial charge is 0.508 e. The maximum atomic E-state index is 13.5. The third kappa shape index (κ3) is 15.4. The van der Waals surface area contributed by atoms with Crippen LogP contribution in [0.25, 0.3) is 0 Å². The molecule has 0 heterocycles. The molecule has 0 radical (unpaired) electrons. The number of nitrogens with two attached hydrogens (primary N) is 1. The Kier molecular flexibility index (Phi) is 17.2. The van der Waals surface area contributed by atoms with Crippen molar-refractivity contribution < 1.29 is 48.9 Å². The fourth-order valence-corrected chi connectivity index (χ4v) is 4.76. The predicted molar refractivity (Wildman–Crippen MR) is 179 cm³/mol. The van der Waals surface area contributed by atoms with Gasteiger partial charge in [0.2, 0.25) is 29.5 Å². The first-order chi connectivity index (χ1) is 22.7. The summed E-state index contributed by atoms with van der Waals surface area (Å²) in [5, 5.41) is 41.2. The third-order valence-corrected chi connectivity index (χ3v) is 7.34. The van der Waals surface area contributed by atoms with E-state index >= 15 is 0 Å². The van der Waals surface area contributed by atoms with E-state index in [1.165, 1.54) is 31.2 Å². The maximum Gasteiger partial charge on any atom is 0.326 e. The highest BCUT2D eigenvalue weighted by atomic mass is 16.4. The molecule has 1 aromatic rings. The highest BCUT2D eigenvalue weighted by Crippen LogP contribution is 2.13. The Hall–Kier alpha value is -4.73. The third-order valence-electron chi connectivity index (χ3n) is 7.34. The topological polar surface area (TPSA) is 266 Å².